The molecule has 1 aliphatic rings. The highest BCUT2D eigenvalue weighted by molar-refractivity contribution is 5.85. The highest BCUT2D eigenvalue weighted by Gasteiger charge is 2.24. The second-order valence-electron chi connectivity index (χ2n) is 7.54. The summed E-state index contributed by atoms with van der Waals surface area (Å²) in [5.41, 5.74) is 2.59. The van der Waals surface area contributed by atoms with E-state index in [2.05, 4.69) is 50.4 Å². The number of nitrogens with zero attached hydrogens (tertiary/aromatic N) is 1. The van der Waals surface area contributed by atoms with E-state index in [1.807, 2.05) is 0 Å². The molecule has 1 N–H and O–H groups in total. The lowest BCUT2D eigenvalue weighted by atomic mass is 9.86. The molecule has 23 heavy (non-hydrogen) atoms. The van der Waals surface area contributed by atoms with Gasteiger partial charge in [-0.15, -0.1) is 0 Å². The Morgan fingerprint density at radius 3 is 2.30 bits per heavy atom. The molecule has 0 unspecified atom stereocenters. The van der Waals surface area contributed by atoms with Crippen molar-refractivity contribution in [3.63, 3.8) is 0 Å². The third-order valence-corrected chi connectivity index (χ3v) is 4.20. The number of carbonyl (C=O) groups is 2. The van der Waals surface area contributed by atoms with Crippen molar-refractivity contribution in [3.8, 4) is 0 Å². The first-order chi connectivity index (χ1) is 10.8. The zero-order valence-corrected chi connectivity index (χ0v) is 14.7. The Morgan fingerprint density at radius 1 is 1.17 bits per heavy atom. The first-order valence-corrected chi connectivity index (χ1v) is 8.38. The van der Waals surface area contributed by atoms with E-state index in [4.69, 9.17) is 0 Å². The molecule has 0 saturated heterocycles. The van der Waals surface area contributed by atoms with Crippen LogP contribution in [-0.2, 0) is 21.4 Å². The van der Waals surface area contributed by atoms with Crippen LogP contribution in [0.25, 0.3) is 0 Å². The number of hydrogen-bond donors (Lipinski definition) is 1. The van der Waals surface area contributed by atoms with Crippen molar-refractivity contribution in [2.24, 2.45) is 0 Å². The number of carbonyl (C=O) groups excluding carboxylic acids is 2. The minimum Gasteiger partial charge on any atom is -0.352 e. The quantitative estimate of drug-likeness (QED) is 0.877. The lowest BCUT2D eigenvalue weighted by Crippen LogP contribution is -2.39. The van der Waals surface area contributed by atoms with Crippen molar-refractivity contribution in [1.29, 1.82) is 0 Å². The van der Waals surface area contributed by atoms with Gasteiger partial charge < -0.3 is 10.2 Å². The minimum absolute atomic E-state index is 0.0100. The Bertz CT molecular complexity index is 554. The van der Waals surface area contributed by atoms with Crippen molar-refractivity contribution in [3.05, 3.63) is 35.4 Å². The van der Waals surface area contributed by atoms with Crippen LogP contribution in [0.2, 0.25) is 0 Å². The largest absolute Gasteiger partial charge is 0.352 e. The maximum Gasteiger partial charge on any atom is 0.239 e. The maximum absolute atomic E-state index is 12.1. The van der Waals surface area contributed by atoms with Gasteiger partial charge in [0, 0.05) is 19.5 Å². The van der Waals surface area contributed by atoms with Crippen LogP contribution < -0.4 is 5.32 Å². The van der Waals surface area contributed by atoms with E-state index < -0.39 is 0 Å². The number of amides is 2. The summed E-state index contributed by atoms with van der Waals surface area (Å²) in [7, 11) is 1.69. The lowest BCUT2D eigenvalue weighted by Gasteiger charge is -2.19. The lowest BCUT2D eigenvalue weighted by molar-refractivity contribution is -0.134. The van der Waals surface area contributed by atoms with Crippen LogP contribution >= 0.6 is 0 Å². The van der Waals surface area contributed by atoms with Crippen LogP contribution in [-0.4, -0.2) is 36.3 Å². The van der Waals surface area contributed by atoms with Gasteiger partial charge in [0.2, 0.25) is 11.8 Å². The summed E-state index contributed by atoms with van der Waals surface area (Å²) >= 11 is 0. The predicted molar refractivity (Wildman–Crippen MR) is 92.3 cm³/mol. The number of likely N-dealkylation sites (N-methyl/N-ethyl adjacent to an activating group) is 1. The predicted octanol–water partition coefficient (Wildman–Crippen LogP) is 2.65. The molecular weight excluding hydrogens is 288 g/mol. The van der Waals surface area contributed by atoms with E-state index in [1.165, 1.54) is 10.5 Å². The van der Waals surface area contributed by atoms with E-state index in [0.29, 0.717) is 18.9 Å². The molecule has 0 bridgehead atoms. The SMILES string of the molecule is CN(CC(=O)NC1CC1)C(=O)CCc1ccc(C(C)(C)C)cc1. The van der Waals surface area contributed by atoms with Crippen LogP contribution in [0, 0.1) is 0 Å². The summed E-state index contributed by atoms with van der Waals surface area (Å²) in [5.74, 6) is -0.0475. The molecule has 0 aromatic heterocycles. The van der Waals surface area contributed by atoms with Crippen LogP contribution in [0.15, 0.2) is 24.3 Å². The summed E-state index contributed by atoms with van der Waals surface area (Å²) in [6.45, 7) is 6.71. The molecule has 0 atom stereocenters. The molecule has 0 aliphatic heterocycles. The zero-order valence-electron chi connectivity index (χ0n) is 14.7. The van der Waals surface area contributed by atoms with Gasteiger partial charge in [-0.2, -0.15) is 0 Å². The summed E-state index contributed by atoms with van der Waals surface area (Å²) in [5, 5.41) is 2.90. The summed E-state index contributed by atoms with van der Waals surface area (Å²) < 4.78 is 0. The average molecular weight is 316 g/mol. The topological polar surface area (TPSA) is 49.4 Å². The van der Waals surface area contributed by atoms with Crippen molar-refractivity contribution in [2.45, 2.75) is 57.9 Å². The average Bonchev–Trinajstić information content (AvgIpc) is 3.27. The number of aryl methyl sites for hydroxylation is 1. The smallest absolute Gasteiger partial charge is 0.239 e. The van der Waals surface area contributed by atoms with Gasteiger partial charge >= 0.3 is 0 Å². The molecule has 0 spiro atoms. The van der Waals surface area contributed by atoms with Crippen LogP contribution in [0.3, 0.4) is 0 Å². The van der Waals surface area contributed by atoms with E-state index in [0.717, 1.165) is 18.4 Å². The number of nitrogens with one attached hydrogen (secondary N) is 1. The number of benzene rings is 1. The molecular formula is C19H28N2O2. The first-order valence-electron chi connectivity index (χ1n) is 8.38. The molecule has 1 aliphatic carbocycles. The monoisotopic (exact) mass is 316 g/mol. The molecule has 1 aromatic carbocycles. The fourth-order valence-corrected chi connectivity index (χ4v) is 2.42. The molecule has 1 fully saturated rings. The highest BCUT2D eigenvalue weighted by atomic mass is 16.2. The van der Waals surface area contributed by atoms with Gasteiger partial charge in [0.1, 0.15) is 0 Å². The molecule has 4 heteroatoms. The standard InChI is InChI=1S/C19H28N2O2/c1-19(2,3)15-8-5-14(6-9-15)7-12-18(23)21(4)13-17(22)20-16-10-11-16/h5-6,8-9,16H,7,10-13H2,1-4H3,(H,20,22). The fraction of sp³-hybridized carbons (Fsp3) is 0.579. The van der Waals surface area contributed by atoms with Crippen molar-refractivity contribution < 1.29 is 9.59 Å². The van der Waals surface area contributed by atoms with Gasteiger partial charge in [0.15, 0.2) is 0 Å². The van der Waals surface area contributed by atoms with Crippen molar-refractivity contribution in [1.82, 2.24) is 10.2 Å². The van der Waals surface area contributed by atoms with Gasteiger partial charge in [-0.1, -0.05) is 45.0 Å². The summed E-state index contributed by atoms with van der Waals surface area (Å²) in [4.78, 5) is 25.3. The van der Waals surface area contributed by atoms with Crippen molar-refractivity contribution in [2.75, 3.05) is 13.6 Å². The van der Waals surface area contributed by atoms with Gasteiger partial charge in [0.05, 0.1) is 6.54 Å². The highest BCUT2D eigenvalue weighted by Crippen LogP contribution is 2.22. The zero-order chi connectivity index (χ0) is 17.0. The van der Waals surface area contributed by atoms with E-state index in [-0.39, 0.29) is 23.8 Å². The van der Waals surface area contributed by atoms with Gasteiger partial charge in [0.25, 0.3) is 0 Å². The Labute approximate surface area is 139 Å². The Morgan fingerprint density at radius 2 is 1.78 bits per heavy atom. The van der Waals surface area contributed by atoms with E-state index in [1.54, 1.807) is 7.05 Å². The van der Waals surface area contributed by atoms with Crippen molar-refractivity contribution >= 4 is 11.8 Å². The van der Waals surface area contributed by atoms with Crippen LogP contribution in [0.4, 0.5) is 0 Å². The molecule has 4 nitrogen and oxygen atoms in total. The van der Waals surface area contributed by atoms with E-state index in [9.17, 15) is 9.59 Å². The maximum atomic E-state index is 12.1. The van der Waals surface area contributed by atoms with Gasteiger partial charge in [-0.05, 0) is 35.8 Å². The molecule has 2 rings (SSSR count). The van der Waals surface area contributed by atoms with Gasteiger partial charge in [-0.25, -0.2) is 0 Å². The fourth-order valence-electron chi connectivity index (χ4n) is 2.42. The number of hydrogen-bond acceptors (Lipinski definition) is 2. The Hall–Kier alpha value is -1.84. The Kier molecular flexibility index (Phi) is 5.45. The van der Waals surface area contributed by atoms with E-state index >= 15 is 0 Å². The third-order valence-electron chi connectivity index (χ3n) is 4.20. The first kappa shape index (κ1) is 17.5. The van der Waals surface area contributed by atoms with Gasteiger partial charge in [-0.3, -0.25) is 9.59 Å². The second-order valence-corrected chi connectivity index (χ2v) is 7.54. The molecule has 126 valence electrons. The number of rotatable bonds is 6. The molecule has 1 saturated carbocycles. The Balaban J connectivity index is 1.77. The summed E-state index contributed by atoms with van der Waals surface area (Å²) in [6, 6.07) is 8.79. The molecule has 0 heterocycles. The third kappa shape index (κ3) is 5.70. The molecule has 2 amide bonds. The molecule has 1 aromatic rings. The molecule has 0 radical (unpaired) electrons. The normalized spacial score (nSPS) is 14.4. The van der Waals surface area contributed by atoms with Crippen LogP contribution in [0.1, 0.15) is 51.2 Å². The van der Waals surface area contributed by atoms with Crippen LogP contribution in [0.5, 0.6) is 0 Å². The summed E-state index contributed by atoms with van der Waals surface area (Å²) in [6.07, 6.45) is 3.27. The minimum atomic E-state index is -0.0575. The second kappa shape index (κ2) is 7.16.